The maximum Gasteiger partial charge on any atom is 0.165 e. The number of benzene rings is 1. The summed E-state index contributed by atoms with van der Waals surface area (Å²) in [5, 5.41) is 21.5. The van der Waals surface area contributed by atoms with Crippen LogP contribution in [0, 0.1) is 0 Å². The van der Waals surface area contributed by atoms with Crippen molar-refractivity contribution in [1.82, 2.24) is 5.32 Å². The summed E-state index contributed by atoms with van der Waals surface area (Å²) in [7, 11) is 0. The fourth-order valence-corrected chi connectivity index (χ4v) is 1.12. The van der Waals surface area contributed by atoms with E-state index in [0.29, 0.717) is 5.75 Å². The lowest BCUT2D eigenvalue weighted by Crippen LogP contribution is -2.50. The first-order chi connectivity index (χ1) is 6.25. The van der Waals surface area contributed by atoms with Crippen LogP contribution in [0.4, 0.5) is 0 Å². The molecule has 1 aromatic carbocycles. The molecule has 1 saturated heterocycles. The zero-order valence-corrected chi connectivity index (χ0v) is 7.03. The van der Waals surface area contributed by atoms with Crippen molar-refractivity contribution in [3.63, 3.8) is 0 Å². The van der Waals surface area contributed by atoms with Crippen molar-refractivity contribution in [2.45, 2.75) is 6.10 Å². The zero-order chi connectivity index (χ0) is 9.26. The standard InChI is InChI=1S/C9H11NO3/c11-6-1-2-8(12)9(3-6)13-7-4-10-5-7/h1-3,7,10-12H,4-5H2. The smallest absolute Gasteiger partial charge is 0.165 e. The third-order valence-electron chi connectivity index (χ3n) is 1.98. The normalized spacial score (nSPS) is 16.6. The summed E-state index contributed by atoms with van der Waals surface area (Å²) >= 11 is 0. The topological polar surface area (TPSA) is 61.7 Å². The van der Waals surface area contributed by atoms with Gasteiger partial charge < -0.3 is 20.3 Å². The van der Waals surface area contributed by atoms with Crippen molar-refractivity contribution >= 4 is 0 Å². The lowest BCUT2D eigenvalue weighted by atomic mass is 10.2. The second-order valence-corrected chi connectivity index (χ2v) is 3.05. The maximum absolute atomic E-state index is 9.35. The van der Waals surface area contributed by atoms with E-state index < -0.39 is 0 Å². The lowest BCUT2D eigenvalue weighted by molar-refractivity contribution is 0.137. The molecule has 1 aromatic rings. The molecule has 1 heterocycles. The zero-order valence-electron chi connectivity index (χ0n) is 7.03. The van der Waals surface area contributed by atoms with Crippen LogP contribution >= 0.6 is 0 Å². The van der Waals surface area contributed by atoms with Crippen LogP contribution < -0.4 is 10.1 Å². The molecule has 1 aliphatic heterocycles. The van der Waals surface area contributed by atoms with Crippen molar-refractivity contribution in [2.24, 2.45) is 0 Å². The molecule has 0 bridgehead atoms. The number of hydrogen-bond acceptors (Lipinski definition) is 4. The average molecular weight is 181 g/mol. The molecule has 0 spiro atoms. The van der Waals surface area contributed by atoms with Crippen LogP contribution in [0.25, 0.3) is 0 Å². The third kappa shape index (κ3) is 1.67. The first-order valence-electron chi connectivity index (χ1n) is 4.15. The first-order valence-corrected chi connectivity index (χ1v) is 4.15. The van der Waals surface area contributed by atoms with Gasteiger partial charge in [-0.15, -0.1) is 0 Å². The molecule has 0 aromatic heterocycles. The van der Waals surface area contributed by atoms with E-state index in [2.05, 4.69) is 5.32 Å². The van der Waals surface area contributed by atoms with Crippen molar-refractivity contribution in [1.29, 1.82) is 0 Å². The minimum atomic E-state index is 0.0599. The Morgan fingerprint density at radius 2 is 2.08 bits per heavy atom. The van der Waals surface area contributed by atoms with Gasteiger partial charge in [0.05, 0.1) is 0 Å². The molecule has 1 fully saturated rings. The third-order valence-corrected chi connectivity index (χ3v) is 1.98. The van der Waals surface area contributed by atoms with Crippen LogP contribution in [0.3, 0.4) is 0 Å². The van der Waals surface area contributed by atoms with E-state index >= 15 is 0 Å². The van der Waals surface area contributed by atoms with Gasteiger partial charge in [-0.2, -0.15) is 0 Å². The molecule has 4 nitrogen and oxygen atoms in total. The Kier molecular flexibility index (Phi) is 1.98. The minimum Gasteiger partial charge on any atom is -0.508 e. The molecule has 0 amide bonds. The predicted octanol–water partition coefficient (Wildman–Crippen LogP) is 0.448. The number of rotatable bonds is 2. The lowest BCUT2D eigenvalue weighted by Gasteiger charge is -2.28. The van der Waals surface area contributed by atoms with E-state index in [1.807, 2.05) is 0 Å². The van der Waals surface area contributed by atoms with Gasteiger partial charge in [-0.25, -0.2) is 0 Å². The molecular formula is C9H11NO3. The number of nitrogens with one attached hydrogen (secondary N) is 1. The highest BCUT2D eigenvalue weighted by molar-refractivity contribution is 5.44. The second kappa shape index (κ2) is 3.14. The molecular weight excluding hydrogens is 170 g/mol. The fraction of sp³-hybridized carbons (Fsp3) is 0.333. The Morgan fingerprint density at radius 3 is 2.69 bits per heavy atom. The number of ether oxygens (including phenoxy) is 1. The van der Waals surface area contributed by atoms with Gasteiger partial charge >= 0.3 is 0 Å². The average Bonchev–Trinajstić information content (AvgIpc) is 2.03. The van der Waals surface area contributed by atoms with Crippen molar-refractivity contribution in [2.75, 3.05) is 13.1 Å². The van der Waals surface area contributed by atoms with Crippen molar-refractivity contribution < 1.29 is 14.9 Å². The highest BCUT2D eigenvalue weighted by atomic mass is 16.5. The number of hydrogen-bond donors (Lipinski definition) is 3. The van der Waals surface area contributed by atoms with E-state index in [-0.39, 0.29) is 17.6 Å². The molecule has 70 valence electrons. The number of aromatic hydroxyl groups is 2. The molecule has 0 radical (unpaired) electrons. The van der Waals surface area contributed by atoms with Crippen LogP contribution in [0.15, 0.2) is 18.2 Å². The summed E-state index contributed by atoms with van der Waals surface area (Å²) in [6.45, 7) is 1.57. The molecule has 0 unspecified atom stereocenters. The summed E-state index contributed by atoms with van der Waals surface area (Å²) in [6, 6.07) is 4.24. The number of phenols is 2. The Labute approximate surface area is 75.8 Å². The molecule has 3 N–H and O–H groups in total. The van der Waals surface area contributed by atoms with Crippen LogP contribution in [0.5, 0.6) is 17.2 Å². The highest BCUT2D eigenvalue weighted by Crippen LogP contribution is 2.30. The SMILES string of the molecule is Oc1ccc(O)c(OC2CNC2)c1. The summed E-state index contributed by atoms with van der Waals surface area (Å²) in [5.74, 6) is 0.497. The van der Waals surface area contributed by atoms with Crippen LogP contribution in [0.1, 0.15) is 0 Å². The van der Waals surface area contributed by atoms with Gasteiger partial charge in [0.1, 0.15) is 11.9 Å². The monoisotopic (exact) mass is 181 g/mol. The first kappa shape index (κ1) is 8.19. The summed E-state index contributed by atoms with van der Waals surface area (Å²) in [5.41, 5.74) is 0. The summed E-state index contributed by atoms with van der Waals surface area (Å²) in [4.78, 5) is 0. The van der Waals surface area contributed by atoms with Gasteiger partial charge in [0.2, 0.25) is 0 Å². The molecule has 0 saturated carbocycles. The summed E-state index contributed by atoms with van der Waals surface area (Å²) < 4.78 is 5.39. The van der Waals surface area contributed by atoms with Crippen LogP contribution in [-0.4, -0.2) is 29.4 Å². The van der Waals surface area contributed by atoms with Gasteiger partial charge in [-0.1, -0.05) is 0 Å². The molecule has 13 heavy (non-hydrogen) atoms. The van der Waals surface area contributed by atoms with Crippen molar-refractivity contribution in [3.05, 3.63) is 18.2 Å². The van der Waals surface area contributed by atoms with Gasteiger partial charge in [-0.05, 0) is 12.1 Å². The van der Waals surface area contributed by atoms with Crippen molar-refractivity contribution in [3.8, 4) is 17.2 Å². The largest absolute Gasteiger partial charge is 0.508 e. The second-order valence-electron chi connectivity index (χ2n) is 3.05. The Morgan fingerprint density at radius 1 is 1.31 bits per heavy atom. The summed E-state index contributed by atoms with van der Waals surface area (Å²) in [6.07, 6.45) is 0.104. The number of phenolic OH excluding ortho intramolecular Hbond substituents is 2. The minimum absolute atomic E-state index is 0.0599. The fourth-order valence-electron chi connectivity index (χ4n) is 1.12. The van der Waals surface area contributed by atoms with Gasteiger partial charge in [0.15, 0.2) is 11.5 Å². The van der Waals surface area contributed by atoms with Gasteiger partial charge in [0.25, 0.3) is 0 Å². The van der Waals surface area contributed by atoms with E-state index in [0.717, 1.165) is 13.1 Å². The molecule has 2 rings (SSSR count). The van der Waals surface area contributed by atoms with Gasteiger partial charge in [0, 0.05) is 19.2 Å². The van der Waals surface area contributed by atoms with Gasteiger partial charge in [-0.3, -0.25) is 0 Å². The molecule has 4 heteroatoms. The molecule has 0 aliphatic carbocycles. The van der Waals surface area contributed by atoms with Crippen LogP contribution in [0.2, 0.25) is 0 Å². The van der Waals surface area contributed by atoms with E-state index in [4.69, 9.17) is 9.84 Å². The molecule has 0 atom stereocenters. The van der Waals surface area contributed by atoms with Crippen LogP contribution in [-0.2, 0) is 0 Å². The Bertz CT molecular complexity index is 310. The van der Waals surface area contributed by atoms with E-state index in [9.17, 15) is 5.11 Å². The Hall–Kier alpha value is -1.42. The molecule has 1 aliphatic rings. The maximum atomic E-state index is 9.35. The van der Waals surface area contributed by atoms with E-state index in [1.54, 1.807) is 0 Å². The predicted molar refractivity (Wildman–Crippen MR) is 47.1 cm³/mol. The Balaban J connectivity index is 2.13. The quantitative estimate of drug-likeness (QED) is 0.580. The highest BCUT2D eigenvalue weighted by Gasteiger charge is 2.19. The van der Waals surface area contributed by atoms with E-state index in [1.165, 1.54) is 18.2 Å².